The SMILES string of the molecule is Cc1ncc(C(=O)N2CC(n3cc(C(N)=O)nn3)C2)c(C(C)C)n1. The van der Waals surface area contributed by atoms with Crippen LogP contribution in [0.1, 0.15) is 58.2 Å². The third kappa shape index (κ3) is 2.84. The van der Waals surface area contributed by atoms with Gasteiger partial charge in [-0.2, -0.15) is 0 Å². The number of amides is 2. The zero-order valence-corrected chi connectivity index (χ0v) is 13.8. The van der Waals surface area contributed by atoms with Gasteiger partial charge in [0.25, 0.3) is 11.8 Å². The highest BCUT2D eigenvalue weighted by molar-refractivity contribution is 5.95. The molecule has 2 amide bonds. The van der Waals surface area contributed by atoms with Crippen LogP contribution in [0.2, 0.25) is 0 Å². The van der Waals surface area contributed by atoms with E-state index in [0.717, 1.165) is 5.69 Å². The van der Waals surface area contributed by atoms with Gasteiger partial charge < -0.3 is 10.6 Å². The van der Waals surface area contributed by atoms with E-state index in [2.05, 4.69) is 20.3 Å². The molecule has 126 valence electrons. The summed E-state index contributed by atoms with van der Waals surface area (Å²) in [6.45, 7) is 6.79. The topological polar surface area (TPSA) is 120 Å². The van der Waals surface area contributed by atoms with E-state index in [1.165, 1.54) is 6.20 Å². The Morgan fingerprint density at radius 2 is 2.04 bits per heavy atom. The summed E-state index contributed by atoms with van der Waals surface area (Å²) in [4.78, 5) is 34.0. The highest BCUT2D eigenvalue weighted by atomic mass is 16.2. The number of nitrogens with zero attached hydrogens (tertiary/aromatic N) is 6. The van der Waals surface area contributed by atoms with E-state index >= 15 is 0 Å². The minimum atomic E-state index is -0.619. The molecule has 1 aliphatic rings. The molecule has 2 aromatic heterocycles. The monoisotopic (exact) mass is 329 g/mol. The number of primary amides is 1. The van der Waals surface area contributed by atoms with Crippen LogP contribution < -0.4 is 5.73 Å². The van der Waals surface area contributed by atoms with Crippen LogP contribution in [0.5, 0.6) is 0 Å². The first kappa shape index (κ1) is 16.0. The first-order chi connectivity index (χ1) is 11.4. The number of carbonyl (C=O) groups is 2. The van der Waals surface area contributed by atoms with Gasteiger partial charge in [0.05, 0.1) is 23.5 Å². The average molecular weight is 329 g/mol. The van der Waals surface area contributed by atoms with Crippen molar-refractivity contribution in [2.24, 2.45) is 5.73 Å². The average Bonchev–Trinajstić information content (AvgIpc) is 2.95. The molecule has 0 aliphatic carbocycles. The number of likely N-dealkylation sites (tertiary alicyclic amines) is 1. The van der Waals surface area contributed by atoms with Crippen molar-refractivity contribution in [3.8, 4) is 0 Å². The van der Waals surface area contributed by atoms with E-state index in [0.29, 0.717) is 24.5 Å². The van der Waals surface area contributed by atoms with Crippen molar-refractivity contribution in [3.63, 3.8) is 0 Å². The van der Waals surface area contributed by atoms with Gasteiger partial charge >= 0.3 is 0 Å². The van der Waals surface area contributed by atoms with E-state index < -0.39 is 5.91 Å². The Balaban J connectivity index is 1.71. The minimum absolute atomic E-state index is 0.0107. The van der Waals surface area contributed by atoms with Crippen LogP contribution in [0.15, 0.2) is 12.4 Å². The molecule has 0 bridgehead atoms. The van der Waals surface area contributed by atoms with Crippen LogP contribution in [0.3, 0.4) is 0 Å². The Kier molecular flexibility index (Phi) is 4.00. The number of hydrogen-bond acceptors (Lipinski definition) is 6. The maximum Gasteiger partial charge on any atom is 0.270 e. The van der Waals surface area contributed by atoms with E-state index in [1.54, 1.807) is 22.7 Å². The van der Waals surface area contributed by atoms with Crippen LogP contribution in [-0.2, 0) is 0 Å². The molecule has 0 unspecified atom stereocenters. The second kappa shape index (κ2) is 5.99. The van der Waals surface area contributed by atoms with Crippen molar-refractivity contribution >= 4 is 11.8 Å². The first-order valence-electron chi connectivity index (χ1n) is 7.71. The number of aromatic nitrogens is 5. The fourth-order valence-electron chi connectivity index (χ4n) is 2.62. The molecule has 3 rings (SSSR count). The molecule has 9 heteroatoms. The molecule has 1 aliphatic heterocycles. The van der Waals surface area contributed by atoms with Crippen molar-refractivity contribution < 1.29 is 9.59 Å². The van der Waals surface area contributed by atoms with Crippen molar-refractivity contribution in [1.82, 2.24) is 29.9 Å². The number of nitrogens with two attached hydrogens (primary N) is 1. The number of aryl methyl sites for hydroxylation is 1. The highest BCUT2D eigenvalue weighted by Crippen LogP contribution is 2.25. The summed E-state index contributed by atoms with van der Waals surface area (Å²) in [5.41, 5.74) is 6.57. The van der Waals surface area contributed by atoms with Gasteiger partial charge in [-0.3, -0.25) is 9.59 Å². The van der Waals surface area contributed by atoms with Crippen LogP contribution in [0.25, 0.3) is 0 Å². The highest BCUT2D eigenvalue weighted by Gasteiger charge is 2.35. The Labute approximate surface area is 138 Å². The fourth-order valence-corrected chi connectivity index (χ4v) is 2.62. The first-order valence-corrected chi connectivity index (χ1v) is 7.71. The third-order valence-corrected chi connectivity index (χ3v) is 4.00. The standard InChI is InChI=1S/C15H19N7O2/c1-8(2)13-11(4-17-9(3)18-13)15(24)21-5-10(6-21)22-7-12(14(16)23)19-20-22/h4,7-8,10H,5-6H2,1-3H3,(H2,16,23). The van der Waals surface area contributed by atoms with Crippen molar-refractivity contribution in [3.05, 3.63) is 35.2 Å². The predicted octanol–water partition coefficient (Wildman–Crippen LogP) is 0.296. The molecule has 3 heterocycles. The quantitative estimate of drug-likeness (QED) is 0.861. The van der Waals surface area contributed by atoms with E-state index in [4.69, 9.17) is 5.73 Å². The Morgan fingerprint density at radius 1 is 1.33 bits per heavy atom. The number of rotatable bonds is 4. The molecule has 0 saturated carbocycles. The van der Waals surface area contributed by atoms with Gasteiger partial charge in [-0.1, -0.05) is 19.1 Å². The molecular weight excluding hydrogens is 310 g/mol. The molecule has 2 N–H and O–H groups in total. The molecule has 9 nitrogen and oxygen atoms in total. The van der Waals surface area contributed by atoms with Gasteiger partial charge in [0.15, 0.2) is 5.69 Å². The minimum Gasteiger partial charge on any atom is -0.364 e. The fraction of sp³-hybridized carbons (Fsp3) is 0.467. The molecule has 1 fully saturated rings. The largest absolute Gasteiger partial charge is 0.364 e. The van der Waals surface area contributed by atoms with Gasteiger partial charge in [0.2, 0.25) is 0 Å². The molecule has 1 saturated heterocycles. The number of hydrogen-bond donors (Lipinski definition) is 1. The summed E-state index contributed by atoms with van der Waals surface area (Å²) in [5.74, 6) is 0.0755. The third-order valence-electron chi connectivity index (χ3n) is 4.00. The lowest BCUT2D eigenvalue weighted by molar-refractivity contribution is 0.0495. The van der Waals surface area contributed by atoms with Crippen molar-refractivity contribution in [1.29, 1.82) is 0 Å². The lowest BCUT2D eigenvalue weighted by atomic mass is 10.0. The Morgan fingerprint density at radius 3 is 2.62 bits per heavy atom. The van der Waals surface area contributed by atoms with E-state index in [1.807, 2.05) is 13.8 Å². The van der Waals surface area contributed by atoms with Crippen LogP contribution in [0.4, 0.5) is 0 Å². The molecule has 0 aromatic carbocycles. The van der Waals surface area contributed by atoms with Crippen molar-refractivity contribution in [2.75, 3.05) is 13.1 Å². The van der Waals surface area contributed by atoms with Gasteiger partial charge in [0, 0.05) is 19.3 Å². The van der Waals surface area contributed by atoms with Crippen LogP contribution in [-0.4, -0.2) is 54.8 Å². The lowest BCUT2D eigenvalue weighted by Gasteiger charge is -2.39. The Bertz CT molecular complexity index is 793. The Hall–Kier alpha value is -2.84. The summed E-state index contributed by atoms with van der Waals surface area (Å²) < 4.78 is 1.57. The smallest absolute Gasteiger partial charge is 0.270 e. The molecule has 24 heavy (non-hydrogen) atoms. The van der Waals surface area contributed by atoms with Gasteiger partial charge in [-0.05, 0) is 12.8 Å². The molecule has 0 atom stereocenters. The second-order valence-electron chi connectivity index (χ2n) is 6.18. The molecule has 0 radical (unpaired) electrons. The van der Waals surface area contributed by atoms with Gasteiger partial charge in [-0.15, -0.1) is 5.10 Å². The van der Waals surface area contributed by atoms with Crippen molar-refractivity contribution in [2.45, 2.75) is 32.7 Å². The maximum absolute atomic E-state index is 12.7. The molecule has 2 aromatic rings. The van der Waals surface area contributed by atoms with E-state index in [9.17, 15) is 9.59 Å². The summed E-state index contributed by atoms with van der Waals surface area (Å²) in [5, 5.41) is 7.60. The second-order valence-corrected chi connectivity index (χ2v) is 6.18. The van der Waals surface area contributed by atoms with Gasteiger partial charge in [-0.25, -0.2) is 14.6 Å². The molecular formula is C15H19N7O2. The summed E-state index contributed by atoms with van der Waals surface area (Å²) >= 11 is 0. The van der Waals surface area contributed by atoms with E-state index in [-0.39, 0.29) is 23.6 Å². The maximum atomic E-state index is 12.7. The van der Waals surface area contributed by atoms with Crippen LogP contribution in [0, 0.1) is 6.92 Å². The molecule has 0 spiro atoms. The predicted molar refractivity (Wildman–Crippen MR) is 84.3 cm³/mol. The normalized spacial score (nSPS) is 14.8. The summed E-state index contributed by atoms with van der Waals surface area (Å²) in [7, 11) is 0. The number of carbonyl (C=O) groups excluding carboxylic acids is 2. The summed E-state index contributed by atoms with van der Waals surface area (Å²) in [6, 6.07) is -0.0107. The summed E-state index contributed by atoms with van der Waals surface area (Å²) in [6.07, 6.45) is 3.09. The van der Waals surface area contributed by atoms with Crippen LogP contribution >= 0.6 is 0 Å². The van der Waals surface area contributed by atoms with Gasteiger partial charge in [0.1, 0.15) is 5.82 Å². The zero-order chi connectivity index (χ0) is 17.4. The lowest BCUT2D eigenvalue weighted by Crippen LogP contribution is -2.51. The zero-order valence-electron chi connectivity index (χ0n) is 13.8.